The number of halogens is 1. The summed E-state index contributed by atoms with van der Waals surface area (Å²) in [6, 6.07) is 14.9. The third kappa shape index (κ3) is 3.33. The van der Waals surface area contributed by atoms with Crippen molar-refractivity contribution in [2.75, 3.05) is 37.6 Å². The van der Waals surface area contributed by atoms with Crippen molar-refractivity contribution in [3.05, 3.63) is 64.6 Å². The van der Waals surface area contributed by atoms with Crippen LogP contribution in [0.25, 0.3) is 21.0 Å². The lowest BCUT2D eigenvalue weighted by molar-refractivity contribution is 0.261. The van der Waals surface area contributed by atoms with Crippen LogP contribution in [0.15, 0.2) is 54.0 Å². The number of benzene rings is 2. The van der Waals surface area contributed by atoms with Crippen molar-refractivity contribution in [1.82, 2.24) is 9.88 Å². The van der Waals surface area contributed by atoms with Gasteiger partial charge < -0.3 is 9.88 Å². The molecule has 1 N–H and O–H groups in total. The SMILES string of the molecule is Clc1ccc2[nH]cc(CCN3CCN(c4cccc5ccsc45)CC3)c2c1. The molecule has 1 aliphatic heterocycles. The Hall–Kier alpha value is -2.01. The molecule has 0 bridgehead atoms. The number of aromatic nitrogens is 1. The zero-order valence-electron chi connectivity index (χ0n) is 15.1. The van der Waals surface area contributed by atoms with Crippen LogP contribution < -0.4 is 4.90 Å². The maximum atomic E-state index is 6.17. The summed E-state index contributed by atoms with van der Waals surface area (Å²) in [5.41, 5.74) is 3.93. The number of nitrogens with zero attached hydrogens (tertiary/aromatic N) is 2. The minimum atomic E-state index is 0.805. The van der Waals surface area contributed by atoms with E-state index >= 15 is 0 Å². The fourth-order valence-corrected chi connectivity index (χ4v) is 5.19. The van der Waals surface area contributed by atoms with E-state index in [1.807, 2.05) is 17.4 Å². The lowest BCUT2D eigenvalue weighted by atomic mass is 10.1. The Balaban J connectivity index is 1.23. The lowest BCUT2D eigenvalue weighted by Crippen LogP contribution is -2.47. The van der Waals surface area contributed by atoms with Gasteiger partial charge >= 0.3 is 0 Å². The summed E-state index contributed by atoms with van der Waals surface area (Å²) in [4.78, 5) is 8.48. The van der Waals surface area contributed by atoms with E-state index in [2.05, 4.69) is 62.8 Å². The van der Waals surface area contributed by atoms with Crippen LogP contribution in [0.5, 0.6) is 0 Å². The molecule has 3 nitrogen and oxygen atoms in total. The van der Waals surface area contributed by atoms with Crippen molar-refractivity contribution in [3.63, 3.8) is 0 Å². The highest BCUT2D eigenvalue weighted by Gasteiger charge is 2.19. The zero-order valence-corrected chi connectivity index (χ0v) is 16.7. The summed E-state index contributed by atoms with van der Waals surface area (Å²) in [5, 5.41) is 5.61. The number of nitrogens with one attached hydrogen (secondary N) is 1. The Bertz CT molecular complexity index is 1080. The van der Waals surface area contributed by atoms with Gasteiger partial charge in [-0.1, -0.05) is 23.7 Å². The molecule has 0 amide bonds. The van der Waals surface area contributed by atoms with Gasteiger partial charge in [-0.3, -0.25) is 4.90 Å². The standard InChI is InChI=1S/C22H22ClN3S/c23-18-4-5-20-19(14-18)17(15-24-20)6-8-25-9-11-26(12-10-25)21-3-1-2-16-7-13-27-22(16)21/h1-5,7,13-15,24H,6,8-12H2. The van der Waals surface area contributed by atoms with Gasteiger partial charge in [0.05, 0.1) is 10.4 Å². The average molecular weight is 396 g/mol. The minimum Gasteiger partial charge on any atom is -0.368 e. The molecule has 2 aromatic heterocycles. The largest absolute Gasteiger partial charge is 0.368 e. The van der Waals surface area contributed by atoms with Crippen molar-refractivity contribution in [2.45, 2.75) is 6.42 Å². The third-order valence-electron chi connectivity index (χ3n) is 5.60. The predicted molar refractivity (Wildman–Crippen MR) is 117 cm³/mol. The molecule has 5 rings (SSSR count). The first kappa shape index (κ1) is 17.1. The Labute approximate surface area is 168 Å². The fourth-order valence-electron chi connectivity index (χ4n) is 4.07. The van der Waals surface area contributed by atoms with Gasteiger partial charge in [-0.15, -0.1) is 11.3 Å². The van der Waals surface area contributed by atoms with Gasteiger partial charge in [0, 0.05) is 54.8 Å². The Morgan fingerprint density at radius 1 is 1.04 bits per heavy atom. The third-order valence-corrected chi connectivity index (χ3v) is 6.79. The van der Waals surface area contributed by atoms with Crippen LogP contribution in [-0.4, -0.2) is 42.6 Å². The molecular formula is C22H22ClN3S. The number of anilines is 1. The quantitative estimate of drug-likeness (QED) is 0.499. The molecule has 0 aliphatic carbocycles. The molecule has 138 valence electrons. The smallest absolute Gasteiger partial charge is 0.0576 e. The van der Waals surface area contributed by atoms with Crippen molar-refractivity contribution in [2.24, 2.45) is 0 Å². The first-order chi connectivity index (χ1) is 13.3. The van der Waals surface area contributed by atoms with Crippen LogP contribution in [0.3, 0.4) is 0 Å². The van der Waals surface area contributed by atoms with Crippen molar-refractivity contribution < 1.29 is 0 Å². The second-order valence-corrected chi connectivity index (χ2v) is 8.55. The van der Waals surface area contributed by atoms with Crippen molar-refractivity contribution >= 4 is 49.6 Å². The molecule has 0 unspecified atom stereocenters. The summed E-state index contributed by atoms with van der Waals surface area (Å²) in [6.45, 7) is 5.51. The molecular weight excluding hydrogens is 374 g/mol. The summed E-state index contributed by atoms with van der Waals surface area (Å²) in [5.74, 6) is 0. The van der Waals surface area contributed by atoms with Gasteiger partial charge in [-0.25, -0.2) is 0 Å². The van der Waals surface area contributed by atoms with Gasteiger partial charge in [0.15, 0.2) is 0 Å². The number of thiophene rings is 1. The maximum Gasteiger partial charge on any atom is 0.0576 e. The van der Waals surface area contributed by atoms with Crippen LogP contribution in [0.1, 0.15) is 5.56 Å². The molecule has 4 aromatic rings. The minimum absolute atomic E-state index is 0.805. The van der Waals surface area contributed by atoms with Gasteiger partial charge in [0.1, 0.15) is 0 Å². The van der Waals surface area contributed by atoms with Gasteiger partial charge in [0.2, 0.25) is 0 Å². The van der Waals surface area contributed by atoms with E-state index in [0.29, 0.717) is 0 Å². The van der Waals surface area contributed by atoms with Crippen molar-refractivity contribution in [3.8, 4) is 0 Å². The highest BCUT2D eigenvalue weighted by Crippen LogP contribution is 2.32. The van der Waals surface area contributed by atoms with E-state index in [0.717, 1.165) is 44.2 Å². The fraction of sp³-hybridized carbons (Fsp3) is 0.273. The summed E-state index contributed by atoms with van der Waals surface area (Å²) >= 11 is 8.02. The number of hydrogen-bond acceptors (Lipinski definition) is 3. The predicted octanol–water partition coefficient (Wildman–Crippen LogP) is 5.40. The Morgan fingerprint density at radius 2 is 1.93 bits per heavy atom. The number of H-pyrrole nitrogens is 1. The van der Waals surface area contributed by atoms with E-state index in [1.165, 1.54) is 32.2 Å². The van der Waals surface area contributed by atoms with E-state index in [4.69, 9.17) is 11.6 Å². The summed E-state index contributed by atoms with van der Waals surface area (Å²) in [7, 11) is 0. The van der Waals surface area contributed by atoms with E-state index < -0.39 is 0 Å². The van der Waals surface area contributed by atoms with E-state index in [-0.39, 0.29) is 0 Å². The topological polar surface area (TPSA) is 22.3 Å². The van der Waals surface area contributed by atoms with Crippen LogP contribution in [0.4, 0.5) is 5.69 Å². The molecule has 1 aliphatic rings. The second-order valence-electron chi connectivity index (χ2n) is 7.20. The number of hydrogen-bond donors (Lipinski definition) is 1. The first-order valence-corrected chi connectivity index (χ1v) is 10.7. The van der Waals surface area contributed by atoms with Gasteiger partial charge in [-0.2, -0.15) is 0 Å². The monoisotopic (exact) mass is 395 g/mol. The van der Waals surface area contributed by atoms with Gasteiger partial charge in [0.25, 0.3) is 0 Å². The van der Waals surface area contributed by atoms with Crippen LogP contribution in [-0.2, 0) is 6.42 Å². The first-order valence-electron chi connectivity index (χ1n) is 9.47. The molecule has 3 heterocycles. The van der Waals surface area contributed by atoms with Crippen LogP contribution >= 0.6 is 22.9 Å². The summed E-state index contributed by atoms with van der Waals surface area (Å²) < 4.78 is 1.42. The molecule has 0 atom stereocenters. The molecule has 1 fully saturated rings. The van der Waals surface area contributed by atoms with Crippen molar-refractivity contribution in [1.29, 1.82) is 0 Å². The van der Waals surface area contributed by atoms with Crippen LogP contribution in [0, 0.1) is 0 Å². The second kappa shape index (κ2) is 7.19. The molecule has 1 saturated heterocycles. The van der Waals surface area contributed by atoms with E-state index in [9.17, 15) is 0 Å². The highest BCUT2D eigenvalue weighted by molar-refractivity contribution is 7.17. The normalized spacial score (nSPS) is 15.8. The Morgan fingerprint density at radius 3 is 2.81 bits per heavy atom. The number of aromatic amines is 1. The summed E-state index contributed by atoms with van der Waals surface area (Å²) in [6.07, 6.45) is 3.19. The van der Waals surface area contributed by atoms with E-state index in [1.54, 1.807) is 0 Å². The molecule has 5 heteroatoms. The Kier molecular flexibility index (Phi) is 4.56. The molecule has 27 heavy (non-hydrogen) atoms. The molecule has 0 radical (unpaired) electrons. The van der Waals surface area contributed by atoms with Gasteiger partial charge in [-0.05, 0) is 53.1 Å². The zero-order chi connectivity index (χ0) is 18.2. The lowest BCUT2D eigenvalue weighted by Gasteiger charge is -2.36. The van der Waals surface area contributed by atoms with Crippen LogP contribution in [0.2, 0.25) is 5.02 Å². The maximum absolute atomic E-state index is 6.17. The molecule has 0 spiro atoms. The highest BCUT2D eigenvalue weighted by atomic mass is 35.5. The number of piperazine rings is 1. The number of fused-ring (bicyclic) bond motifs is 2. The average Bonchev–Trinajstić information content (AvgIpc) is 3.33. The number of rotatable bonds is 4. The molecule has 2 aromatic carbocycles. The molecule has 0 saturated carbocycles.